The fourth-order valence-corrected chi connectivity index (χ4v) is 1.71. The average Bonchev–Trinajstić information content (AvgIpc) is 2.35. The van der Waals surface area contributed by atoms with Gasteiger partial charge in [0.25, 0.3) is 0 Å². The van der Waals surface area contributed by atoms with Crippen molar-refractivity contribution in [3.8, 4) is 0 Å². The molecule has 1 rings (SSSR count). The largest absolute Gasteiger partial charge is 0.339 e. The molecule has 1 atom stereocenters. The molecule has 17 heavy (non-hydrogen) atoms. The van der Waals surface area contributed by atoms with E-state index in [-0.39, 0.29) is 11.9 Å². The summed E-state index contributed by atoms with van der Waals surface area (Å²) in [4.78, 5) is 13.6. The Bertz CT molecular complexity index is 359. The molecule has 1 amide bonds. The number of hydrogen-bond acceptors (Lipinski definition) is 2. The number of carbonyl (C=O) groups excluding carboxylic acids is 1. The highest BCUT2D eigenvalue weighted by molar-refractivity contribution is 5.76. The first-order chi connectivity index (χ1) is 8.06. The second-order valence-corrected chi connectivity index (χ2v) is 4.48. The Morgan fingerprint density at radius 2 is 1.94 bits per heavy atom. The van der Waals surface area contributed by atoms with E-state index in [0.717, 1.165) is 6.42 Å². The van der Waals surface area contributed by atoms with Crippen molar-refractivity contribution in [2.75, 3.05) is 13.6 Å². The summed E-state index contributed by atoms with van der Waals surface area (Å²) in [5.74, 6) is 0.156. The number of nitrogens with two attached hydrogens (primary N) is 1. The molecule has 0 heterocycles. The smallest absolute Gasteiger partial charge is 0.222 e. The van der Waals surface area contributed by atoms with Crippen LogP contribution in [-0.2, 0) is 4.79 Å². The quantitative estimate of drug-likeness (QED) is 0.849. The standard InChI is InChI=1S/C14H22N2O/c1-11-6-8-13(9-7-11)12(2)16(3)14(17)5-4-10-15/h6-9,12H,4-5,10,15H2,1-3H3. The molecule has 0 aromatic heterocycles. The molecule has 3 nitrogen and oxygen atoms in total. The highest BCUT2D eigenvalue weighted by atomic mass is 16.2. The SMILES string of the molecule is Cc1ccc(C(C)N(C)C(=O)CCCN)cc1. The fraction of sp³-hybridized carbons (Fsp3) is 0.500. The van der Waals surface area contributed by atoms with Crippen LogP contribution in [0.25, 0.3) is 0 Å². The van der Waals surface area contributed by atoms with Gasteiger partial charge in [-0.3, -0.25) is 4.79 Å². The van der Waals surface area contributed by atoms with Gasteiger partial charge in [-0.15, -0.1) is 0 Å². The van der Waals surface area contributed by atoms with Gasteiger partial charge >= 0.3 is 0 Å². The third-order valence-electron chi connectivity index (χ3n) is 3.13. The fourth-order valence-electron chi connectivity index (χ4n) is 1.71. The summed E-state index contributed by atoms with van der Waals surface area (Å²) < 4.78 is 0. The highest BCUT2D eigenvalue weighted by Gasteiger charge is 2.16. The molecule has 0 bridgehead atoms. The first kappa shape index (κ1) is 13.7. The minimum Gasteiger partial charge on any atom is -0.339 e. The first-order valence-electron chi connectivity index (χ1n) is 6.08. The van der Waals surface area contributed by atoms with Gasteiger partial charge < -0.3 is 10.6 Å². The Labute approximate surface area is 104 Å². The van der Waals surface area contributed by atoms with Crippen molar-refractivity contribution in [3.63, 3.8) is 0 Å². The van der Waals surface area contributed by atoms with Gasteiger partial charge in [0.05, 0.1) is 6.04 Å². The van der Waals surface area contributed by atoms with E-state index in [4.69, 9.17) is 5.73 Å². The van der Waals surface area contributed by atoms with E-state index in [9.17, 15) is 4.79 Å². The van der Waals surface area contributed by atoms with E-state index in [2.05, 4.69) is 31.2 Å². The lowest BCUT2D eigenvalue weighted by atomic mass is 10.1. The number of benzene rings is 1. The molecule has 0 saturated carbocycles. The van der Waals surface area contributed by atoms with Crippen LogP contribution in [0, 0.1) is 6.92 Å². The summed E-state index contributed by atoms with van der Waals surface area (Å²) in [5, 5.41) is 0. The van der Waals surface area contributed by atoms with Gasteiger partial charge in [-0.2, -0.15) is 0 Å². The van der Waals surface area contributed by atoms with E-state index in [1.807, 2.05) is 14.0 Å². The summed E-state index contributed by atoms with van der Waals surface area (Å²) in [6, 6.07) is 8.41. The van der Waals surface area contributed by atoms with Gasteiger partial charge in [-0.25, -0.2) is 0 Å². The van der Waals surface area contributed by atoms with Crippen molar-refractivity contribution in [2.24, 2.45) is 5.73 Å². The van der Waals surface area contributed by atoms with Gasteiger partial charge in [0, 0.05) is 13.5 Å². The zero-order valence-corrected chi connectivity index (χ0v) is 10.9. The van der Waals surface area contributed by atoms with Crippen LogP contribution in [0.5, 0.6) is 0 Å². The lowest BCUT2D eigenvalue weighted by Gasteiger charge is -2.25. The molecule has 0 spiro atoms. The van der Waals surface area contributed by atoms with Crippen molar-refractivity contribution in [2.45, 2.75) is 32.7 Å². The van der Waals surface area contributed by atoms with Crippen LogP contribution in [0.1, 0.15) is 36.9 Å². The van der Waals surface area contributed by atoms with Crippen LogP contribution in [0.15, 0.2) is 24.3 Å². The molecule has 0 aliphatic carbocycles. The van der Waals surface area contributed by atoms with Crippen molar-refractivity contribution in [1.82, 2.24) is 4.90 Å². The van der Waals surface area contributed by atoms with E-state index in [1.54, 1.807) is 4.90 Å². The topological polar surface area (TPSA) is 46.3 Å². The number of nitrogens with zero attached hydrogens (tertiary/aromatic N) is 1. The molecule has 2 N–H and O–H groups in total. The molecule has 0 aliphatic rings. The molecule has 3 heteroatoms. The third-order valence-corrected chi connectivity index (χ3v) is 3.13. The molecular formula is C14H22N2O. The van der Waals surface area contributed by atoms with Gasteiger partial charge in [-0.1, -0.05) is 29.8 Å². The monoisotopic (exact) mass is 234 g/mol. The minimum absolute atomic E-state index is 0.112. The maximum absolute atomic E-state index is 11.9. The number of amides is 1. The predicted molar refractivity (Wildman–Crippen MR) is 70.7 cm³/mol. The third kappa shape index (κ3) is 3.86. The zero-order chi connectivity index (χ0) is 12.8. The van der Waals surface area contributed by atoms with Crippen molar-refractivity contribution in [1.29, 1.82) is 0 Å². The highest BCUT2D eigenvalue weighted by Crippen LogP contribution is 2.19. The average molecular weight is 234 g/mol. The van der Waals surface area contributed by atoms with Crippen LogP contribution < -0.4 is 5.73 Å². The van der Waals surface area contributed by atoms with Gasteiger partial charge in [-0.05, 0) is 32.4 Å². The summed E-state index contributed by atoms with van der Waals surface area (Å²) in [6.45, 7) is 4.67. The van der Waals surface area contributed by atoms with E-state index >= 15 is 0 Å². The second kappa shape index (κ2) is 6.40. The number of carbonyl (C=O) groups is 1. The number of aryl methyl sites for hydroxylation is 1. The molecule has 0 saturated heterocycles. The molecule has 1 aromatic rings. The summed E-state index contributed by atoms with van der Waals surface area (Å²) in [6.07, 6.45) is 1.28. The van der Waals surface area contributed by atoms with Crippen LogP contribution in [0.2, 0.25) is 0 Å². The molecule has 94 valence electrons. The Kier molecular flexibility index (Phi) is 5.16. The van der Waals surface area contributed by atoms with Crippen LogP contribution in [0.3, 0.4) is 0 Å². The summed E-state index contributed by atoms with van der Waals surface area (Å²) in [7, 11) is 1.85. The summed E-state index contributed by atoms with van der Waals surface area (Å²) >= 11 is 0. The Morgan fingerprint density at radius 1 is 1.35 bits per heavy atom. The van der Waals surface area contributed by atoms with Gasteiger partial charge in [0.1, 0.15) is 0 Å². The van der Waals surface area contributed by atoms with Gasteiger partial charge in [0.15, 0.2) is 0 Å². The molecule has 0 fully saturated rings. The number of hydrogen-bond donors (Lipinski definition) is 1. The number of rotatable bonds is 5. The summed E-state index contributed by atoms with van der Waals surface area (Å²) in [5.41, 5.74) is 7.81. The van der Waals surface area contributed by atoms with Crippen molar-refractivity contribution < 1.29 is 4.79 Å². The first-order valence-corrected chi connectivity index (χ1v) is 6.08. The van der Waals surface area contributed by atoms with E-state index < -0.39 is 0 Å². The lowest BCUT2D eigenvalue weighted by molar-refractivity contribution is -0.131. The Balaban J connectivity index is 2.65. The molecule has 0 radical (unpaired) electrons. The molecular weight excluding hydrogens is 212 g/mol. The second-order valence-electron chi connectivity index (χ2n) is 4.48. The van der Waals surface area contributed by atoms with E-state index in [1.165, 1.54) is 11.1 Å². The Hall–Kier alpha value is -1.35. The minimum atomic E-state index is 0.112. The molecule has 1 unspecified atom stereocenters. The van der Waals surface area contributed by atoms with Crippen LogP contribution in [-0.4, -0.2) is 24.4 Å². The maximum atomic E-state index is 11.9. The lowest BCUT2D eigenvalue weighted by Crippen LogP contribution is -2.29. The van der Waals surface area contributed by atoms with Crippen LogP contribution >= 0.6 is 0 Å². The van der Waals surface area contributed by atoms with E-state index in [0.29, 0.717) is 13.0 Å². The zero-order valence-electron chi connectivity index (χ0n) is 10.9. The normalized spacial score (nSPS) is 12.2. The van der Waals surface area contributed by atoms with Crippen molar-refractivity contribution >= 4 is 5.91 Å². The van der Waals surface area contributed by atoms with Gasteiger partial charge in [0.2, 0.25) is 5.91 Å². The van der Waals surface area contributed by atoms with Crippen LogP contribution in [0.4, 0.5) is 0 Å². The predicted octanol–water partition coefficient (Wildman–Crippen LogP) is 2.25. The Morgan fingerprint density at radius 3 is 2.47 bits per heavy atom. The molecule has 0 aliphatic heterocycles. The van der Waals surface area contributed by atoms with Crippen molar-refractivity contribution in [3.05, 3.63) is 35.4 Å². The molecule has 1 aromatic carbocycles. The maximum Gasteiger partial charge on any atom is 0.222 e.